The van der Waals surface area contributed by atoms with Gasteiger partial charge in [-0.3, -0.25) is 9.69 Å². The fourth-order valence-electron chi connectivity index (χ4n) is 5.26. The molecule has 1 saturated heterocycles. The first-order chi connectivity index (χ1) is 15.6. The lowest BCUT2D eigenvalue weighted by Gasteiger charge is -2.47. The molecule has 1 amide bonds. The summed E-state index contributed by atoms with van der Waals surface area (Å²) in [6.45, 7) is 8.60. The zero-order valence-electron chi connectivity index (χ0n) is 19.7. The summed E-state index contributed by atoms with van der Waals surface area (Å²) >= 11 is 0. The second kappa shape index (κ2) is 9.95. The Hall–Kier alpha value is -2.53. The third-order valence-corrected chi connectivity index (χ3v) is 7.17. The molecule has 0 saturated carbocycles. The van der Waals surface area contributed by atoms with Gasteiger partial charge in [0.15, 0.2) is 0 Å². The van der Waals surface area contributed by atoms with Crippen molar-refractivity contribution in [3.05, 3.63) is 59.7 Å². The topological polar surface area (TPSA) is 42.0 Å². The van der Waals surface area contributed by atoms with Crippen molar-refractivity contribution in [2.75, 3.05) is 33.3 Å². The molecule has 2 aromatic rings. The minimum Gasteiger partial charge on any atom is -0.497 e. The quantitative estimate of drug-likeness (QED) is 0.622. The van der Waals surface area contributed by atoms with Crippen LogP contribution in [-0.2, 0) is 11.3 Å². The Morgan fingerprint density at radius 2 is 1.78 bits per heavy atom. The fraction of sp³-hybridized carbons (Fsp3) is 0.519. The highest BCUT2D eigenvalue weighted by atomic mass is 16.5. The summed E-state index contributed by atoms with van der Waals surface area (Å²) in [6, 6.07) is 16.7. The number of para-hydroxylation sites is 1. The van der Waals surface area contributed by atoms with Crippen molar-refractivity contribution in [3.63, 3.8) is 0 Å². The number of ether oxygens (including phenoxy) is 2. The van der Waals surface area contributed by atoms with E-state index >= 15 is 0 Å². The van der Waals surface area contributed by atoms with E-state index in [0.717, 1.165) is 63.5 Å². The SMILES string of the molecule is CCN(CC)C(=O)C[C@H]1CC2(CCN(Cc3ccc(OC)cc3)CC2)Oc2ccccc21. The molecule has 2 aromatic carbocycles. The number of carbonyl (C=O) groups is 1. The summed E-state index contributed by atoms with van der Waals surface area (Å²) in [6.07, 6.45) is 3.48. The maximum absolute atomic E-state index is 12.9. The molecule has 32 heavy (non-hydrogen) atoms. The first-order valence-electron chi connectivity index (χ1n) is 12.0. The smallest absolute Gasteiger partial charge is 0.223 e. The van der Waals surface area contributed by atoms with Crippen LogP contribution in [0.3, 0.4) is 0 Å². The van der Waals surface area contributed by atoms with Crippen molar-refractivity contribution in [2.24, 2.45) is 0 Å². The first-order valence-corrected chi connectivity index (χ1v) is 12.0. The Labute approximate surface area is 192 Å². The minimum atomic E-state index is -0.168. The molecule has 2 aliphatic heterocycles. The van der Waals surface area contributed by atoms with Crippen molar-refractivity contribution in [1.82, 2.24) is 9.80 Å². The number of methoxy groups -OCH3 is 1. The number of rotatable bonds is 7. The van der Waals surface area contributed by atoms with E-state index < -0.39 is 0 Å². The van der Waals surface area contributed by atoms with Crippen molar-refractivity contribution in [2.45, 2.75) is 57.6 Å². The molecule has 5 nitrogen and oxygen atoms in total. The van der Waals surface area contributed by atoms with Crippen molar-refractivity contribution < 1.29 is 14.3 Å². The molecule has 0 aromatic heterocycles. The van der Waals surface area contributed by atoms with E-state index in [1.165, 1.54) is 11.1 Å². The molecule has 0 radical (unpaired) electrons. The number of hydrogen-bond donors (Lipinski definition) is 0. The monoisotopic (exact) mass is 436 g/mol. The number of piperidine rings is 1. The average Bonchev–Trinajstić information content (AvgIpc) is 2.82. The molecule has 1 fully saturated rings. The molecule has 1 atom stereocenters. The van der Waals surface area contributed by atoms with Crippen molar-refractivity contribution in [3.8, 4) is 11.5 Å². The van der Waals surface area contributed by atoms with Gasteiger partial charge >= 0.3 is 0 Å². The lowest BCUT2D eigenvalue weighted by atomic mass is 9.76. The van der Waals surface area contributed by atoms with Gasteiger partial charge in [0.05, 0.1) is 7.11 Å². The Morgan fingerprint density at radius 3 is 2.44 bits per heavy atom. The van der Waals surface area contributed by atoms with Crippen LogP contribution < -0.4 is 9.47 Å². The zero-order chi connectivity index (χ0) is 22.6. The summed E-state index contributed by atoms with van der Waals surface area (Å²) in [5.74, 6) is 2.34. The molecule has 2 heterocycles. The zero-order valence-corrected chi connectivity index (χ0v) is 19.7. The van der Waals surface area contributed by atoms with Gasteiger partial charge in [-0.05, 0) is 62.4 Å². The van der Waals surface area contributed by atoms with Crippen molar-refractivity contribution >= 4 is 5.91 Å². The highest BCUT2D eigenvalue weighted by Gasteiger charge is 2.43. The van der Waals surface area contributed by atoms with Gasteiger partial charge in [-0.2, -0.15) is 0 Å². The Bertz CT molecular complexity index is 899. The largest absolute Gasteiger partial charge is 0.497 e. The molecular formula is C27H36N2O3. The van der Waals surface area contributed by atoms with Crippen LogP contribution >= 0.6 is 0 Å². The van der Waals surface area contributed by atoms with Gasteiger partial charge < -0.3 is 14.4 Å². The number of benzene rings is 2. The van der Waals surface area contributed by atoms with Crippen LogP contribution in [0, 0.1) is 0 Å². The molecule has 172 valence electrons. The average molecular weight is 437 g/mol. The third-order valence-electron chi connectivity index (χ3n) is 7.17. The first kappa shape index (κ1) is 22.7. The van der Waals surface area contributed by atoms with Gasteiger partial charge in [0.25, 0.3) is 0 Å². The highest BCUT2D eigenvalue weighted by molar-refractivity contribution is 5.77. The van der Waals surface area contributed by atoms with Gasteiger partial charge in [-0.1, -0.05) is 30.3 Å². The molecule has 0 aliphatic carbocycles. The Kier molecular flexibility index (Phi) is 7.04. The van der Waals surface area contributed by atoms with E-state index in [0.29, 0.717) is 6.42 Å². The predicted molar refractivity (Wildman–Crippen MR) is 127 cm³/mol. The fourth-order valence-corrected chi connectivity index (χ4v) is 5.26. The lowest BCUT2D eigenvalue weighted by Crippen LogP contribution is -2.50. The van der Waals surface area contributed by atoms with Crippen LogP contribution in [0.1, 0.15) is 56.6 Å². The van der Waals surface area contributed by atoms with Gasteiger partial charge in [-0.15, -0.1) is 0 Å². The third kappa shape index (κ3) is 4.93. The number of fused-ring (bicyclic) bond motifs is 1. The predicted octanol–water partition coefficient (Wildman–Crippen LogP) is 4.85. The van der Waals surface area contributed by atoms with Crippen LogP contribution in [0.15, 0.2) is 48.5 Å². The van der Waals surface area contributed by atoms with Crippen LogP contribution in [0.2, 0.25) is 0 Å². The molecular weight excluding hydrogens is 400 g/mol. The van der Waals surface area contributed by atoms with E-state index in [1.807, 2.05) is 23.1 Å². The molecule has 5 heteroatoms. The van der Waals surface area contributed by atoms with Crippen LogP contribution in [0.25, 0.3) is 0 Å². The standard InChI is InChI=1S/C27H36N2O3/c1-4-29(5-2)26(30)18-22-19-27(32-25-9-7-6-8-24(22)25)14-16-28(17-15-27)20-21-10-12-23(31-3)13-11-21/h6-13,22H,4-5,14-20H2,1-3H3/t22-/m0/s1. The number of carbonyl (C=O) groups excluding carboxylic acids is 1. The summed E-state index contributed by atoms with van der Waals surface area (Å²) in [7, 11) is 1.70. The van der Waals surface area contributed by atoms with Crippen LogP contribution in [0.4, 0.5) is 0 Å². The van der Waals surface area contributed by atoms with E-state index in [2.05, 4.69) is 49.1 Å². The van der Waals surface area contributed by atoms with Gasteiger partial charge in [-0.25, -0.2) is 0 Å². The van der Waals surface area contributed by atoms with Crippen molar-refractivity contribution in [1.29, 1.82) is 0 Å². The van der Waals surface area contributed by atoms with E-state index in [-0.39, 0.29) is 17.4 Å². The second-order valence-electron chi connectivity index (χ2n) is 9.12. The van der Waals surface area contributed by atoms with Gasteiger partial charge in [0.1, 0.15) is 17.1 Å². The maximum Gasteiger partial charge on any atom is 0.223 e. The summed E-state index contributed by atoms with van der Waals surface area (Å²) < 4.78 is 11.9. The molecule has 2 aliphatic rings. The number of nitrogens with zero attached hydrogens (tertiary/aromatic N) is 2. The molecule has 0 unspecified atom stereocenters. The molecule has 0 bridgehead atoms. The van der Waals surface area contributed by atoms with E-state index in [1.54, 1.807) is 7.11 Å². The number of hydrogen-bond acceptors (Lipinski definition) is 4. The number of likely N-dealkylation sites (tertiary alicyclic amines) is 1. The molecule has 1 spiro atoms. The Balaban J connectivity index is 1.44. The maximum atomic E-state index is 12.9. The highest BCUT2D eigenvalue weighted by Crippen LogP contribution is 2.46. The summed E-state index contributed by atoms with van der Waals surface area (Å²) in [4.78, 5) is 17.4. The number of amides is 1. The second-order valence-corrected chi connectivity index (χ2v) is 9.12. The Morgan fingerprint density at radius 1 is 1.09 bits per heavy atom. The van der Waals surface area contributed by atoms with Crippen LogP contribution in [-0.4, -0.2) is 54.6 Å². The minimum absolute atomic E-state index is 0.168. The van der Waals surface area contributed by atoms with Crippen LogP contribution in [0.5, 0.6) is 11.5 Å². The lowest BCUT2D eigenvalue weighted by molar-refractivity contribution is -0.131. The van der Waals surface area contributed by atoms with E-state index in [9.17, 15) is 4.79 Å². The summed E-state index contributed by atoms with van der Waals surface area (Å²) in [5, 5.41) is 0. The van der Waals surface area contributed by atoms with Gasteiger partial charge in [0.2, 0.25) is 5.91 Å². The molecule has 4 rings (SSSR count). The van der Waals surface area contributed by atoms with E-state index in [4.69, 9.17) is 9.47 Å². The van der Waals surface area contributed by atoms with Gasteiger partial charge in [0, 0.05) is 45.1 Å². The summed E-state index contributed by atoms with van der Waals surface area (Å²) in [5.41, 5.74) is 2.33. The normalized spacial score (nSPS) is 19.8. The molecule has 0 N–H and O–H groups in total.